The van der Waals surface area contributed by atoms with Gasteiger partial charge in [-0.05, 0) is 43.3 Å². The zero-order valence-corrected chi connectivity index (χ0v) is 15.8. The van der Waals surface area contributed by atoms with E-state index in [4.69, 9.17) is 4.74 Å². The molecule has 1 heterocycles. The largest absolute Gasteiger partial charge is 0.494 e. The molecule has 0 saturated heterocycles. The molecule has 1 N–H and O–H groups in total. The number of allylic oxidation sites excluding steroid dienone is 1. The molecule has 140 valence electrons. The number of ether oxygens (including phenoxy) is 1. The molecule has 8 heteroatoms. The first-order valence-electron chi connectivity index (χ1n) is 8.41. The first-order valence-corrected chi connectivity index (χ1v) is 9.29. The molecule has 2 aromatic carbocycles. The first-order chi connectivity index (χ1) is 13.6. The van der Waals surface area contributed by atoms with Crippen molar-refractivity contribution in [2.75, 3.05) is 11.9 Å². The Bertz CT molecular complexity index is 1030. The van der Waals surface area contributed by atoms with Crippen LogP contribution in [0.15, 0.2) is 60.1 Å². The van der Waals surface area contributed by atoms with Crippen molar-refractivity contribution in [2.45, 2.75) is 6.92 Å². The van der Waals surface area contributed by atoms with Crippen LogP contribution in [0.1, 0.15) is 11.9 Å². The van der Waals surface area contributed by atoms with Crippen LogP contribution in [0.25, 0.3) is 16.8 Å². The highest BCUT2D eigenvalue weighted by Gasteiger charge is 2.10. The van der Waals surface area contributed by atoms with Crippen molar-refractivity contribution < 1.29 is 9.66 Å². The Labute approximate surface area is 165 Å². The van der Waals surface area contributed by atoms with Crippen LogP contribution in [0, 0.1) is 21.4 Å². The van der Waals surface area contributed by atoms with Crippen LogP contribution < -0.4 is 10.1 Å². The van der Waals surface area contributed by atoms with Crippen molar-refractivity contribution in [1.29, 1.82) is 5.26 Å². The summed E-state index contributed by atoms with van der Waals surface area (Å²) in [7, 11) is 0. The quantitative estimate of drug-likeness (QED) is 0.341. The van der Waals surface area contributed by atoms with Gasteiger partial charge in [0.25, 0.3) is 5.69 Å². The topological polar surface area (TPSA) is 101 Å². The number of benzene rings is 2. The maximum atomic E-state index is 10.7. The molecule has 1 aromatic heterocycles. The van der Waals surface area contributed by atoms with Crippen LogP contribution in [0.2, 0.25) is 0 Å². The van der Waals surface area contributed by atoms with Gasteiger partial charge >= 0.3 is 0 Å². The lowest BCUT2D eigenvalue weighted by Crippen LogP contribution is -1.92. The van der Waals surface area contributed by atoms with E-state index < -0.39 is 4.92 Å². The number of nitriles is 1. The molecule has 0 bridgehead atoms. The van der Waals surface area contributed by atoms with Gasteiger partial charge < -0.3 is 10.1 Å². The molecule has 0 aliphatic rings. The Hall–Kier alpha value is -3.70. The molecule has 0 aliphatic carbocycles. The van der Waals surface area contributed by atoms with Gasteiger partial charge in [0, 0.05) is 35.0 Å². The van der Waals surface area contributed by atoms with Gasteiger partial charge in [-0.3, -0.25) is 10.1 Å². The van der Waals surface area contributed by atoms with E-state index in [2.05, 4.69) is 16.4 Å². The normalized spacial score (nSPS) is 10.9. The number of nitro groups is 1. The number of nitrogens with zero attached hydrogens (tertiary/aromatic N) is 3. The summed E-state index contributed by atoms with van der Waals surface area (Å²) in [6.45, 7) is 2.54. The van der Waals surface area contributed by atoms with E-state index in [1.54, 1.807) is 18.3 Å². The lowest BCUT2D eigenvalue weighted by atomic mass is 10.2. The zero-order valence-electron chi connectivity index (χ0n) is 15.0. The van der Waals surface area contributed by atoms with E-state index in [1.165, 1.54) is 23.5 Å². The Morgan fingerprint density at radius 2 is 2.00 bits per heavy atom. The smallest absolute Gasteiger partial charge is 0.269 e. The average molecular weight is 392 g/mol. The third-order valence-electron chi connectivity index (χ3n) is 3.78. The molecule has 0 saturated carbocycles. The van der Waals surface area contributed by atoms with Crippen LogP contribution >= 0.6 is 11.3 Å². The Kier molecular flexibility index (Phi) is 5.99. The third kappa shape index (κ3) is 4.52. The van der Waals surface area contributed by atoms with Gasteiger partial charge in [0.05, 0.1) is 17.2 Å². The number of hydrogen-bond donors (Lipinski definition) is 1. The highest BCUT2D eigenvalue weighted by Crippen LogP contribution is 2.27. The van der Waals surface area contributed by atoms with Gasteiger partial charge in [0.2, 0.25) is 0 Å². The van der Waals surface area contributed by atoms with Crippen molar-refractivity contribution in [3.05, 3.63) is 75.2 Å². The summed E-state index contributed by atoms with van der Waals surface area (Å²) in [6.07, 6.45) is 1.54. The van der Waals surface area contributed by atoms with E-state index in [0.29, 0.717) is 22.9 Å². The Balaban J connectivity index is 1.75. The Morgan fingerprint density at radius 1 is 1.29 bits per heavy atom. The van der Waals surface area contributed by atoms with Gasteiger partial charge in [0.15, 0.2) is 0 Å². The zero-order chi connectivity index (χ0) is 19.9. The van der Waals surface area contributed by atoms with E-state index in [0.717, 1.165) is 17.0 Å². The molecule has 0 atom stereocenters. The number of non-ortho nitro benzene ring substituents is 1. The van der Waals surface area contributed by atoms with Gasteiger partial charge in [0.1, 0.15) is 22.4 Å². The highest BCUT2D eigenvalue weighted by molar-refractivity contribution is 7.11. The van der Waals surface area contributed by atoms with Crippen molar-refractivity contribution in [1.82, 2.24) is 4.98 Å². The summed E-state index contributed by atoms with van der Waals surface area (Å²) in [5.74, 6) is 0.798. The second kappa shape index (κ2) is 8.79. The minimum atomic E-state index is -0.460. The number of nitrogens with one attached hydrogen (secondary N) is 1. The van der Waals surface area contributed by atoms with Crippen LogP contribution in [0.5, 0.6) is 5.75 Å². The molecule has 0 amide bonds. The van der Waals surface area contributed by atoms with Crippen molar-refractivity contribution in [3.8, 4) is 23.1 Å². The molecule has 0 radical (unpaired) electrons. The monoisotopic (exact) mass is 392 g/mol. The number of nitro benzene ring substituents is 1. The molecule has 3 rings (SSSR count). The molecule has 0 aliphatic heterocycles. The van der Waals surface area contributed by atoms with Gasteiger partial charge in [-0.2, -0.15) is 5.26 Å². The predicted molar refractivity (Wildman–Crippen MR) is 109 cm³/mol. The summed E-state index contributed by atoms with van der Waals surface area (Å²) in [5.41, 5.74) is 2.74. The summed E-state index contributed by atoms with van der Waals surface area (Å²) in [6, 6.07) is 15.7. The minimum Gasteiger partial charge on any atom is -0.494 e. The lowest BCUT2D eigenvalue weighted by molar-refractivity contribution is -0.384. The third-order valence-corrected chi connectivity index (χ3v) is 4.65. The van der Waals surface area contributed by atoms with Gasteiger partial charge in [-0.25, -0.2) is 4.98 Å². The van der Waals surface area contributed by atoms with Crippen molar-refractivity contribution in [2.24, 2.45) is 0 Å². The summed E-state index contributed by atoms with van der Waals surface area (Å²) in [5, 5.41) is 25.6. The minimum absolute atomic E-state index is 0.00922. The van der Waals surface area contributed by atoms with Crippen LogP contribution in [-0.2, 0) is 0 Å². The standard InChI is InChI=1S/C20H16N4O3S/c1-2-27-18-9-3-14(4-10-18)19-13-28-20(23-19)15(11-21)12-22-16-5-7-17(8-6-16)24(25)26/h3-10,12-13,22H,2H2,1H3/b15-12+. The highest BCUT2D eigenvalue weighted by atomic mass is 32.1. The van der Waals surface area contributed by atoms with Crippen LogP contribution in [0.3, 0.4) is 0 Å². The molecule has 3 aromatic rings. The fourth-order valence-corrected chi connectivity index (χ4v) is 3.19. The van der Waals surface area contributed by atoms with Crippen LogP contribution in [0.4, 0.5) is 11.4 Å². The number of thiazole rings is 1. The molecule has 0 unspecified atom stereocenters. The fraction of sp³-hybridized carbons (Fsp3) is 0.100. The maximum Gasteiger partial charge on any atom is 0.269 e. The molecule has 28 heavy (non-hydrogen) atoms. The average Bonchev–Trinajstić information content (AvgIpc) is 3.20. The molecule has 0 spiro atoms. The summed E-state index contributed by atoms with van der Waals surface area (Å²) < 4.78 is 5.44. The molecular weight excluding hydrogens is 376 g/mol. The second-order valence-electron chi connectivity index (χ2n) is 5.61. The summed E-state index contributed by atoms with van der Waals surface area (Å²) in [4.78, 5) is 14.8. The number of rotatable bonds is 7. The van der Waals surface area contributed by atoms with E-state index in [1.807, 2.05) is 36.6 Å². The first kappa shape index (κ1) is 19.1. The molecular formula is C20H16N4O3S. The van der Waals surface area contributed by atoms with Crippen molar-refractivity contribution >= 4 is 28.3 Å². The number of hydrogen-bond acceptors (Lipinski definition) is 7. The maximum absolute atomic E-state index is 10.7. The van der Waals surface area contributed by atoms with E-state index in [-0.39, 0.29) is 5.69 Å². The van der Waals surface area contributed by atoms with Gasteiger partial charge in [-0.15, -0.1) is 11.3 Å². The fourth-order valence-electron chi connectivity index (χ4n) is 2.40. The van der Waals surface area contributed by atoms with Gasteiger partial charge in [-0.1, -0.05) is 0 Å². The molecule has 7 nitrogen and oxygen atoms in total. The van der Waals surface area contributed by atoms with E-state index in [9.17, 15) is 15.4 Å². The van der Waals surface area contributed by atoms with E-state index >= 15 is 0 Å². The van der Waals surface area contributed by atoms with Crippen LogP contribution in [-0.4, -0.2) is 16.5 Å². The lowest BCUT2D eigenvalue weighted by Gasteiger charge is -2.03. The number of anilines is 1. The Morgan fingerprint density at radius 3 is 2.61 bits per heavy atom. The SMILES string of the molecule is CCOc1ccc(-c2csc(/C(C#N)=C/Nc3ccc([N+](=O)[O-])cc3)n2)cc1. The number of aromatic nitrogens is 1. The van der Waals surface area contributed by atoms with Crippen molar-refractivity contribution in [3.63, 3.8) is 0 Å². The predicted octanol–water partition coefficient (Wildman–Crippen LogP) is 5.09. The molecule has 0 fully saturated rings. The second-order valence-corrected chi connectivity index (χ2v) is 6.47. The summed E-state index contributed by atoms with van der Waals surface area (Å²) >= 11 is 1.37.